The SMILES string of the molecule is O=C(NCc1cccc(F)c1)NC12CC(F)(C1)C2. The van der Waals surface area contributed by atoms with Crippen LogP contribution in [0.2, 0.25) is 0 Å². The monoisotopic (exact) mass is 252 g/mol. The fourth-order valence-corrected chi connectivity index (χ4v) is 2.91. The van der Waals surface area contributed by atoms with E-state index in [1.807, 2.05) is 0 Å². The van der Waals surface area contributed by atoms with Crippen molar-refractivity contribution in [2.45, 2.75) is 37.0 Å². The van der Waals surface area contributed by atoms with Gasteiger partial charge in [0.2, 0.25) is 0 Å². The van der Waals surface area contributed by atoms with Crippen LogP contribution < -0.4 is 10.6 Å². The van der Waals surface area contributed by atoms with Crippen LogP contribution in [-0.2, 0) is 6.54 Å². The molecule has 2 amide bonds. The largest absolute Gasteiger partial charge is 0.334 e. The van der Waals surface area contributed by atoms with Crippen molar-refractivity contribution in [2.24, 2.45) is 0 Å². The van der Waals surface area contributed by atoms with Crippen LogP contribution in [0.1, 0.15) is 24.8 Å². The van der Waals surface area contributed by atoms with Gasteiger partial charge in [-0.15, -0.1) is 0 Å². The van der Waals surface area contributed by atoms with Crippen LogP contribution in [0.4, 0.5) is 13.6 Å². The molecule has 0 aromatic heterocycles. The topological polar surface area (TPSA) is 41.1 Å². The molecule has 3 fully saturated rings. The Morgan fingerprint density at radius 2 is 2.06 bits per heavy atom. The Bertz CT molecular complexity index is 484. The zero-order chi connectivity index (χ0) is 12.8. The average molecular weight is 252 g/mol. The molecule has 2 N–H and O–H groups in total. The second-order valence-corrected chi connectivity index (χ2v) is 5.40. The van der Waals surface area contributed by atoms with E-state index in [0.29, 0.717) is 24.8 Å². The van der Waals surface area contributed by atoms with E-state index in [4.69, 9.17) is 0 Å². The van der Waals surface area contributed by atoms with E-state index in [0.717, 1.165) is 0 Å². The Morgan fingerprint density at radius 1 is 1.33 bits per heavy atom. The number of carbonyl (C=O) groups excluding carboxylic acids is 1. The lowest BCUT2D eigenvalue weighted by molar-refractivity contribution is -0.162. The van der Waals surface area contributed by atoms with E-state index in [-0.39, 0.29) is 23.9 Å². The van der Waals surface area contributed by atoms with Gasteiger partial charge in [-0.2, -0.15) is 0 Å². The van der Waals surface area contributed by atoms with Crippen molar-refractivity contribution in [3.8, 4) is 0 Å². The third-order valence-electron chi connectivity index (χ3n) is 3.69. The first kappa shape index (κ1) is 11.4. The van der Waals surface area contributed by atoms with Crippen LogP contribution in [0.25, 0.3) is 0 Å². The molecule has 1 aromatic carbocycles. The second kappa shape index (κ2) is 3.67. The molecule has 3 aliphatic carbocycles. The predicted molar refractivity (Wildman–Crippen MR) is 62.2 cm³/mol. The van der Waals surface area contributed by atoms with Gasteiger partial charge < -0.3 is 10.6 Å². The molecule has 0 saturated heterocycles. The summed E-state index contributed by atoms with van der Waals surface area (Å²) in [6.07, 6.45) is 1.27. The minimum atomic E-state index is -1.02. The lowest BCUT2D eigenvalue weighted by Crippen LogP contribution is -2.77. The molecular formula is C13H14F2N2O. The summed E-state index contributed by atoms with van der Waals surface area (Å²) in [6, 6.07) is 5.74. The highest BCUT2D eigenvalue weighted by Gasteiger charge is 2.69. The number of alkyl halides is 1. The molecule has 5 heteroatoms. The number of carbonyl (C=O) groups is 1. The van der Waals surface area contributed by atoms with Gasteiger partial charge in [-0.05, 0) is 17.7 Å². The Labute approximate surface area is 104 Å². The summed E-state index contributed by atoms with van der Waals surface area (Å²) in [5.74, 6) is -0.325. The molecule has 3 aliphatic rings. The number of benzene rings is 1. The Hall–Kier alpha value is -1.65. The number of urea groups is 1. The summed E-state index contributed by atoms with van der Waals surface area (Å²) >= 11 is 0. The van der Waals surface area contributed by atoms with Gasteiger partial charge in [0.05, 0.1) is 5.54 Å². The number of hydrogen-bond acceptors (Lipinski definition) is 1. The molecule has 0 radical (unpaired) electrons. The van der Waals surface area contributed by atoms with Crippen molar-refractivity contribution in [2.75, 3.05) is 0 Å². The molecule has 0 atom stereocenters. The molecule has 0 heterocycles. The summed E-state index contributed by atoms with van der Waals surface area (Å²) in [5, 5.41) is 5.43. The van der Waals surface area contributed by atoms with E-state index in [2.05, 4.69) is 10.6 Å². The Balaban J connectivity index is 1.47. The van der Waals surface area contributed by atoms with Crippen molar-refractivity contribution in [1.29, 1.82) is 0 Å². The van der Waals surface area contributed by atoms with E-state index in [1.165, 1.54) is 12.1 Å². The molecule has 0 unspecified atom stereocenters. The van der Waals surface area contributed by atoms with Crippen LogP contribution >= 0.6 is 0 Å². The summed E-state index contributed by atoms with van der Waals surface area (Å²) in [4.78, 5) is 11.6. The maximum atomic E-state index is 13.2. The van der Waals surface area contributed by atoms with Crippen molar-refractivity contribution >= 4 is 6.03 Å². The van der Waals surface area contributed by atoms with Crippen LogP contribution in [-0.4, -0.2) is 17.2 Å². The third-order valence-corrected chi connectivity index (χ3v) is 3.69. The average Bonchev–Trinajstić information content (AvgIpc) is 2.23. The number of halogens is 2. The van der Waals surface area contributed by atoms with Gasteiger partial charge in [0, 0.05) is 25.8 Å². The van der Waals surface area contributed by atoms with Gasteiger partial charge >= 0.3 is 6.03 Å². The Morgan fingerprint density at radius 3 is 2.67 bits per heavy atom. The zero-order valence-electron chi connectivity index (χ0n) is 9.80. The second-order valence-electron chi connectivity index (χ2n) is 5.40. The van der Waals surface area contributed by atoms with E-state index in [1.54, 1.807) is 12.1 Å². The number of rotatable bonds is 3. The zero-order valence-corrected chi connectivity index (χ0v) is 9.80. The summed E-state index contributed by atoms with van der Waals surface area (Å²) in [6.45, 7) is 0.264. The molecular weight excluding hydrogens is 238 g/mol. The van der Waals surface area contributed by atoms with Gasteiger partial charge in [0.15, 0.2) is 0 Å². The number of amides is 2. The summed E-state index contributed by atoms with van der Waals surface area (Å²) in [5.41, 5.74) is -0.638. The normalized spacial score (nSPS) is 32.1. The van der Waals surface area contributed by atoms with Gasteiger partial charge in [0.25, 0.3) is 0 Å². The molecule has 3 saturated carbocycles. The predicted octanol–water partition coefficient (Wildman–Crippen LogP) is 2.27. The maximum absolute atomic E-state index is 13.2. The van der Waals surface area contributed by atoms with Gasteiger partial charge in [0.1, 0.15) is 11.5 Å². The summed E-state index contributed by atoms with van der Waals surface area (Å²) in [7, 11) is 0. The van der Waals surface area contributed by atoms with Gasteiger partial charge in [-0.1, -0.05) is 12.1 Å². The highest BCUT2D eigenvalue weighted by molar-refractivity contribution is 5.75. The lowest BCUT2D eigenvalue weighted by atomic mass is 9.47. The van der Waals surface area contributed by atoms with E-state index >= 15 is 0 Å². The van der Waals surface area contributed by atoms with Crippen molar-refractivity contribution in [3.05, 3.63) is 35.6 Å². The number of nitrogens with one attached hydrogen (secondary N) is 2. The highest BCUT2D eigenvalue weighted by atomic mass is 19.1. The minimum Gasteiger partial charge on any atom is -0.334 e. The first-order valence-electron chi connectivity index (χ1n) is 5.98. The fourth-order valence-electron chi connectivity index (χ4n) is 2.91. The molecule has 1 aromatic rings. The Kier molecular flexibility index (Phi) is 2.33. The van der Waals surface area contributed by atoms with Gasteiger partial charge in [-0.25, -0.2) is 13.6 Å². The molecule has 0 spiro atoms. The van der Waals surface area contributed by atoms with Crippen LogP contribution in [0, 0.1) is 5.82 Å². The van der Waals surface area contributed by atoms with Crippen molar-refractivity contribution in [3.63, 3.8) is 0 Å². The lowest BCUT2D eigenvalue weighted by Gasteiger charge is -2.65. The van der Waals surface area contributed by atoms with E-state index < -0.39 is 5.67 Å². The van der Waals surface area contributed by atoms with Crippen LogP contribution in [0.15, 0.2) is 24.3 Å². The smallest absolute Gasteiger partial charge is 0.315 e. The molecule has 0 aliphatic heterocycles. The van der Waals surface area contributed by atoms with Crippen molar-refractivity contribution in [1.82, 2.24) is 10.6 Å². The molecule has 2 bridgehead atoms. The van der Waals surface area contributed by atoms with Gasteiger partial charge in [-0.3, -0.25) is 0 Å². The fraction of sp³-hybridized carbons (Fsp3) is 0.462. The van der Waals surface area contributed by atoms with Crippen LogP contribution in [0.5, 0.6) is 0 Å². The highest BCUT2D eigenvalue weighted by Crippen LogP contribution is 2.62. The standard InChI is InChI=1S/C13H14F2N2O/c14-10-3-1-2-9(4-10)5-16-11(18)17-13-6-12(15,7-13)8-13/h1-4H,5-8H2,(H2,16,17,18). The molecule has 3 nitrogen and oxygen atoms in total. The third kappa shape index (κ3) is 1.94. The van der Waals surface area contributed by atoms with E-state index in [9.17, 15) is 13.6 Å². The molecule has 96 valence electrons. The molecule has 4 rings (SSSR count). The first-order chi connectivity index (χ1) is 8.49. The van der Waals surface area contributed by atoms with Crippen LogP contribution in [0.3, 0.4) is 0 Å². The molecule has 18 heavy (non-hydrogen) atoms. The van der Waals surface area contributed by atoms with Crippen molar-refractivity contribution < 1.29 is 13.6 Å². The quantitative estimate of drug-likeness (QED) is 0.851. The maximum Gasteiger partial charge on any atom is 0.315 e. The summed E-state index contributed by atoms with van der Waals surface area (Å²) < 4.78 is 26.2. The minimum absolute atomic E-state index is 0.264. The number of hydrogen-bond donors (Lipinski definition) is 2. The first-order valence-corrected chi connectivity index (χ1v) is 5.98.